The number of rotatable bonds is 4. The minimum atomic E-state index is 0.107. The third-order valence-corrected chi connectivity index (χ3v) is 3.74. The zero-order chi connectivity index (χ0) is 15.5. The zero-order valence-electron chi connectivity index (χ0n) is 12.9. The van der Waals surface area contributed by atoms with Crippen LogP contribution >= 0.6 is 0 Å². The molecule has 2 N–H and O–H groups in total. The van der Waals surface area contributed by atoms with Gasteiger partial charge in [-0.25, -0.2) is 4.98 Å². The second-order valence-corrected chi connectivity index (χ2v) is 5.59. The quantitative estimate of drug-likeness (QED) is 0.766. The summed E-state index contributed by atoms with van der Waals surface area (Å²) in [5.74, 6) is 0. The van der Waals surface area contributed by atoms with E-state index in [0.29, 0.717) is 6.54 Å². The molecule has 0 unspecified atom stereocenters. The van der Waals surface area contributed by atoms with Gasteiger partial charge in [0.2, 0.25) is 0 Å². The Kier molecular flexibility index (Phi) is 4.07. The van der Waals surface area contributed by atoms with Crippen LogP contribution in [-0.4, -0.2) is 23.2 Å². The van der Waals surface area contributed by atoms with E-state index < -0.39 is 0 Å². The summed E-state index contributed by atoms with van der Waals surface area (Å²) >= 11 is 0. The fraction of sp³-hybridized carbons (Fsp3) is 0.211. The molecule has 112 valence electrons. The van der Waals surface area contributed by atoms with Crippen LogP contribution in [0.15, 0.2) is 48.5 Å². The zero-order valence-corrected chi connectivity index (χ0v) is 12.9. The number of aryl methyl sites for hydroxylation is 2. The van der Waals surface area contributed by atoms with Crippen LogP contribution in [0, 0.1) is 13.8 Å². The summed E-state index contributed by atoms with van der Waals surface area (Å²) in [5.41, 5.74) is 6.45. The van der Waals surface area contributed by atoms with E-state index in [1.807, 2.05) is 0 Å². The van der Waals surface area contributed by atoms with Gasteiger partial charge in [0.15, 0.2) is 0 Å². The molecule has 0 aliphatic heterocycles. The molecule has 2 aromatic carbocycles. The van der Waals surface area contributed by atoms with Crippen LogP contribution in [-0.2, 0) is 0 Å². The van der Waals surface area contributed by atoms with Crippen molar-refractivity contribution in [3.8, 4) is 11.3 Å². The summed E-state index contributed by atoms with van der Waals surface area (Å²) in [6, 6.07) is 16.7. The average molecular weight is 292 g/mol. The van der Waals surface area contributed by atoms with Crippen LogP contribution < -0.4 is 5.32 Å². The highest BCUT2D eigenvalue weighted by Crippen LogP contribution is 2.29. The molecule has 3 heteroatoms. The summed E-state index contributed by atoms with van der Waals surface area (Å²) in [6.07, 6.45) is 0. The number of hydrogen-bond donors (Lipinski definition) is 2. The van der Waals surface area contributed by atoms with Crippen molar-refractivity contribution >= 4 is 16.6 Å². The number of nitrogens with zero attached hydrogens (tertiary/aromatic N) is 1. The summed E-state index contributed by atoms with van der Waals surface area (Å²) in [4.78, 5) is 4.80. The fourth-order valence-corrected chi connectivity index (χ4v) is 2.55. The van der Waals surface area contributed by atoms with Gasteiger partial charge in [0, 0.05) is 23.2 Å². The highest BCUT2D eigenvalue weighted by molar-refractivity contribution is 5.94. The summed E-state index contributed by atoms with van der Waals surface area (Å²) in [7, 11) is 0. The second-order valence-electron chi connectivity index (χ2n) is 5.59. The van der Waals surface area contributed by atoms with E-state index in [2.05, 4.69) is 67.7 Å². The van der Waals surface area contributed by atoms with E-state index in [1.54, 1.807) is 0 Å². The predicted octanol–water partition coefficient (Wildman–Crippen LogP) is 3.92. The Morgan fingerprint density at radius 3 is 2.41 bits per heavy atom. The van der Waals surface area contributed by atoms with Crippen molar-refractivity contribution in [3.05, 3.63) is 59.7 Å². The van der Waals surface area contributed by atoms with Crippen LogP contribution in [0.1, 0.15) is 11.1 Å². The molecule has 0 bridgehead atoms. The van der Waals surface area contributed by atoms with Gasteiger partial charge in [-0.05, 0) is 31.5 Å². The number of nitrogens with one attached hydrogen (secondary N) is 1. The van der Waals surface area contributed by atoms with Gasteiger partial charge in [-0.15, -0.1) is 0 Å². The first kappa shape index (κ1) is 14.5. The molecule has 1 heterocycles. The van der Waals surface area contributed by atoms with Crippen molar-refractivity contribution in [1.29, 1.82) is 0 Å². The normalized spacial score (nSPS) is 10.9. The molecule has 1 aromatic heterocycles. The fourth-order valence-electron chi connectivity index (χ4n) is 2.55. The molecule has 0 aliphatic rings. The Labute approximate surface area is 130 Å². The van der Waals surface area contributed by atoms with E-state index >= 15 is 0 Å². The molecule has 0 spiro atoms. The third kappa shape index (κ3) is 2.95. The molecule has 0 aliphatic carbocycles. The number of benzene rings is 2. The van der Waals surface area contributed by atoms with Crippen LogP contribution in [0.3, 0.4) is 0 Å². The standard InChI is InChI=1S/C19H20N2O/c1-13-3-6-15(7-4-13)17-12-18(20-9-10-22)16-8-5-14(2)11-19(16)21-17/h3-8,11-12,22H,9-10H2,1-2H3,(H,20,21). The third-order valence-electron chi connectivity index (χ3n) is 3.74. The smallest absolute Gasteiger partial charge is 0.0732 e. The Hall–Kier alpha value is -2.39. The highest BCUT2D eigenvalue weighted by Gasteiger charge is 2.07. The van der Waals surface area contributed by atoms with Crippen molar-refractivity contribution in [1.82, 2.24) is 4.98 Å². The van der Waals surface area contributed by atoms with Crippen LogP contribution in [0.2, 0.25) is 0 Å². The Balaban J connectivity index is 2.15. The number of aliphatic hydroxyl groups is 1. The van der Waals surface area contributed by atoms with Crippen LogP contribution in [0.4, 0.5) is 5.69 Å². The maximum Gasteiger partial charge on any atom is 0.0732 e. The average Bonchev–Trinajstić information content (AvgIpc) is 2.52. The molecule has 3 nitrogen and oxygen atoms in total. The molecular formula is C19H20N2O. The van der Waals surface area contributed by atoms with Gasteiger partial charge < -0.3 is 10.4 Å². The van der Waals surface area contributed by atoms with Gasteiger partial charge in [-0.2, -0.15) is 0 Å². The van der Waals surface area contributed by atoms with Crippen LogP contribution in [0.5, 0.6) is 0 Å². The van der Waals surface area contributed by atoms with E-state index in [1.165, 1.54) is 11.1 Å². The number of pyridine rings is 1. The molecule has 0 atom stereocenters. The Bertz CT molecular complexity index is 794. The molecular weight excluding hydrogens is 272 g/mol. The monoisotopic (exact) mass is 292 g/mol. The van der Waals surface area contributed by atoms with E-state index in [0.717, 1.165) is 27.8 Å². The first-order valence-electron chi connectivity index (χ1n) is 7.50. The Morgan fingerprint density at radius 1 is 0.955 bits per heavy atom. The van der Waals surface area contributed by atoms with Gasteiger partial charge in [0.05, 0.1) is 17.8 Å². The SMILES string of the molecule is Cc1ccc(-c2cc(NCCO)c3ccc(C)cc3n2)cc1. The first-order chi connectivity index (χ1) is 10.7. The topological polar surface area (TPSA) is 45.1 Å². The minimum Gasteiger partial charge on any atom is -0.395 e. The number of aromatic nitrogens is 1. The van der Waals surface area contributed by atoms with Crippen LogP contribution in [0.25, 0.3) is 22.2 Å². The van der Waals surface area contributed by atoms with Gasteiger partial charge in [0.25, 0.3) is 0 Å². The molecule has 0 saturated carbocycles. The summed E-state index contributed by atoms with van der Waals surface area (Å²) in [6.45, 7) is 4.78. The first-order valence-corrected chi connectivity index (χ1v) is 7.50. The number of aliphatic hydroxyl groups excluding tert-OH is 1. The molecule has 3 aromatic rings. The number of hydrogen-bond acceptors (Lipinski definition) is 3. The van der Waals surface area contributed by atoms with Gasteiger partial charge in [-0.1, -0.05) is 42.0 Å². The van der Waals surface area contributed by atoms with E-state index in [9.17, 15) is 0 Å². The summed E-state index contributed by atoms with van der Waals surface area (Å²) in [5, 5.41) is 13.4. The number of anilines is 1. The minimum absolute atomic E-state index is 0.107. The van der Waals surface area contributed by atoms with Crippen molar-refractivity contribution in [2.45, 2.75) is 13.8 Å². The molecule has 0 radical (unpaired) electrons. The Morgan fingerprint density at radius 2 is 1.68 bits per heavy atom. The largest absolute Gasteiger partial charge is 0.395 e. The van der Waals surface area contributed by atoms with E-state index in [-0.39, 0.29) is 6.61 Å². The van der Waals surface area contributed by atoms with Crippen molar-refractivity contribution in [3.63, 3.8) is 0 Å². The second kappa shape index (κ2) is 6.16. The lowest BCUT2D eigenvalue weighted by Gasteiger charge is -2.12. The predicted molar refractivity (Wildman–Crippen MR) is 92.2 cm³/mol. The highest BCUT2D eigenvalue weighted by atomic mass is 16.3. The molecule has 0 fully saturated rings. The van der Waals surface area contributed by atoms with Gasteiger partial charge >= 0.3 is 0 Å². The molecule has 3 rings (SSSR count). The van der Waals surface area contributed by atoms with Gasteiger partial charge in [-0.3, -0.25) is 0 Å². The van der Waals surface area contributed by atoms with Crippen molar-refractivity contribution in [2.75, 3.05) is 18.5 Å². The van der Waals surface area contributed by atoms with Crippen molar-refractivity contribution < 1.29 is 5.11 Å². The molecule has 0 saturated heterocycles. The summed E-state index contributed by atoms with van der Waals surface area (Å²) < 4.78 is 0. The molecule has 0 amide bonds. The molecule has 22 heavy (non-hydrogen) atoms. The van der Waals surface area contributed by atoms with E-state index in [4.69, 9.17) is 10.1 Å². The maximum absolute atomic E-state index is 9.08. The van der Waals surface area contributed by atoms with Crippen molar-refractivity contribution in [2.24, 2.45) is 0 Å². The van der Waals surface area contributed by atoms with Gasteiger partial charge in [0.1, 0.15) is 0 Å². The number of fused-ring (bicyclic) bond motifs is 1. The lowest BCUT2D eigenvalue weighted by Crippen LogP contribution is -2.06. The lowest BCUT2D eigenvalue weighted by atomic mass is 10.1. The lowest BCUT2D eigenvalue weighted by molar-refractivity contribution is 0.311. The maximum atomic E-state index is 9.08.